The number of aromatic nitrogens is 1. The Labute approximate surface area is 113 Å². The Kier molecular flexibility index (Phi) is 3.67. The first-order valence-electron chi connectivity index (χ1n) is 6.15. The van der Waals surface area contributed by atoms with Crippen LogP contribution in [0.3, 0.4) is 0 Å². The number of benzene rings is 1. The summed E-state index contributed by atoms with van der Waals surface area (Å²) in [5.41, 5.74) is 8.65. The molecule has 0 fully saturated rings. The van der Waals surface area contributed by atoms with E-state index in [1.807, 2.05) is 36.2 Å². The lowest BCUT2D eigenvalue weighted by molar-refractivity contribution is 1.10. The molecule has 19 heavy (non-hydrogen) atoms. The van der Waals surface area contributed by atoms with Crippen LogP contribution in [0.4, 0.5) is 17.2 Å². The molecule has 4 heteroatoms. The molecule has 0 aliphatic carbocycles. The van der Waals surface area contributed by atoms with E-state index >= 15 is 0 Å². The van der Waals surface area contributed by atoms with Crippen LogP contribution in [-0.2, 0) is 6.42 Å². The number of nitrogens with zero attached hydrogens (tertiary/aromatic N) is 3. The summed E-state index contributed by atoms with van der Waals surface area (Å²) in [7, 11) is 1.92. The number of pyridine rings is 1. The minimum atomic E-state index is 0.259. The minimum absolute atomic E-state index is 0.259. The van der Waals surface area contributed by atoms with E-state index in [1.165, 1.54) is 5.56 Å². The van der Waals surface area contributed by atoms with Gasteiger partial charge in [-0.15, -0.1) is 0 Å². The molecule has 4 nitrogen and oxygen atoms in total. The molecule has 0 saturated heterocycles. The first-order valence-corrected chi connectivity index (χ1v) is 6.15. The Balaban J connectivity index is 2.32. The SMILES string of the molecule is CCc1ccc(N(C)c2ccc(N)c(C#N)n2)cc1. The van der Waals surface area contributed by atoms with Crippen LogP contribution < -0.4 is 10.6 Å². The number of nitrogens with two attached hydrogens (primary N) is 1. The van der Waals surface area contributed by atoms with E-state index in [0.717, 1.165) is 12.1 Å². The molecule has 0 aliphatic rings. The zero-order valence-electron chi connectivity index (χ0n) is 11.1. The van der Waals surface area contributed by atoms with Crippen molar-refractivity contribution >= 4 is 17.2 Å². The Hall–Kier alpha value is -2.54. The molecule has 0 spiro atoms. The summed E-state index contributed by atoms with van der Waals surface area (Å²) < 4.78 is 0. The molecule has 0 saturated carbocycles. The van der Waals surface area contributed by atoms with Gasteiger partial charge in [-0.25, -0.2) is 4.98 Å². The van der Waals surface area contributed by atoms with Gasteiger partial charge in [0.2, 0.25) is 0 Å². The van der Waals surface area contributed by atoms with Crippen molar-refractivity contribution < 1.29 is 0 Å². The highest BCUT2D eigenvalue weighted by atomic mass is 15.2. The highest BCUT2D eigenvalue weighted by molar-refractivity contribution is 5.63. The highest BCUT2D eigenvalue weighted by Crippen LogP contribution is 2.23. The van der Waals surface area contributed by atoms with Crippen molar-refractivity contribution in [1.82, 2.24) is 4.98 Å². The molecule has 0 amide bonds. The van der Waals surface area contributed by atoms with E-state index in [4.69, 9.17) is 11.0 Å². The van der Waals surface area contributed by atoms with E-state index in [0.29, 0.717) is 11.5 Å². The van der Waals surface area contributed by atoms with Crippen LogP contribution in [-0.4, -0.2) is 12.0 Å². The molecule has 0 aliphatic heterocycles. The van der Waals surface area contributed by atoms with Crippen molar-refractivity contribution in [3.05, 3.63) is 47.7 Å². The lowest BCUT2D eigenvalue weighted by Crippen LogP contribution is -2.12. The van der Waals surface area contributed by atoms with Crippen LogP contribution >= 0.6 is 0 Å². The fraction of sp³-hybridized carbons (Fsp3) is 0.200. The van der Waals surface area contributed by atoms with Crippen molar-refractivity contribution in [2.45, 2.75) is 13.3 Å². The second kappa shape index (κ2) is 5.40. The van der Waals surface area contributed by atoms with Gasteiger partial charge in [0.05, 0.1) is 5.69 Å². The predicted octanol–water partition coefficient (Wildman–Crippen LogP) is 2.87. The van der Waals surface area contributed by atoms with E-state index in [2.05, 4.69) is 24.0 Å². The molecular weight excluding hydrogens is 236 g/mol. The van der Waals surface area contributed by atoms with Gasteiger partial charge < -0.3 is 10.6 Å². The molecule has 2 rings (SSSR count). The molecule has 0 unspecified atom stereocenters. The second-order valence-corrected chi connectivity index (χ2v) is 4.30. The van der Waals surface area contributed by atoms with Crippen molar-refractivity contribution in [3.8, 4) is 6.07 Å². The predicted molar refractivity (Wildman–Crippen MR) is 77.2 cm³/mol. The average Bonchev–Trinajstić information content (AvgIpc) is 2.47. The molecule has 1 heterocycles. The van der Waals surface area contributed by atoms with Gasteiger partial charge in [0.25, 0.3) is 0 Å². The summed E-state index contributed by atoms with van der Waals surface area (Å²) in [4.78, 5) is 6.18. The minimum Gasteiger partial charge on any atom is -0.396 e. The number of aryl methyl sites for hydroxylation is 1. The molecule has 2 N–H and O–H groups in total. The second-order valence-electron chi connectivity index (χ2n) is 4.30. The molecule has 2 aromatic rings. The number of anilines is 3. The maximum absolute atomic E-state index is 8.95. The van der Waals surface area contributed by atoms with Crippen LogP contribution in [0, 0.1) is 11.3 Å². The van der Waals surface area contributed by atoms with Gasteiger partial charge in [0.15, 0.2) is 5.69 Å². The van der Waals surface area contributed by atoms with E-state index < -0.39 is 0 Å². The van der Waals surface area contributed by atoms with Gasteiger partial charge in [-0.05, 0) is 36.2 Å². The third-order valence-corrected chi connectivity index (χ3v) is 3.09. The summed E-state index contributed by atoms with van der Waals surface area (Å²) in [6.07, 6.45) is 1.02. The van der Waals surface area contributed by atoms with E-state index in [-0.39, 0.29) is 5.69 Å². The van der Waals surface area contributed by atoms with Gasteiger partial charge in [-0.2, -0.15) is 5.26 Å². The highest BCUT2D eigenvalue weighted by Gasteiger charge is 2.08. The number of rotatable bonds is 3. The van der Waals surface area contributed by atoms with E-state index in [9.17, 15) is 0 Å². The summed E-state index contributed by atoms with van der Waals surface area (Å²) in [6.45, 7) is 2.12. The van der Waals surface area contributed by atoms with Crippen LogP contribution in [0.2, 0.25) is 0 Å². The standard InChI is InChI=1S/C15H16N4/c1-3-11-4-6-12(7-5-11)19(2)15-9-8-13(17)14(10-16)18-15/h4-9H,3,17H2,1-2H3. The van der Waals surface area contributed by atoms with Crippen molar-refractivity contribution in [2.75, 3.05) is 17.7 Å². The Bertz CT molecular complexity index is 611. The van der Waals surface area contributed by atoms with Crippen LogP contribution in [0.1, 0.15) is 18.2 Å². The Morgan fingerprint density at radius 2 is 1.89 bits per heavy atom. The zero-order valence-corrected chi connectivity index (χ0v) is 11.1. The quantitative estimate of drug-likeness (QED) is 0.912. The topological polar surface area (TPSA) is 65.9 Å². The van der Waals surface area contributed by atoms with Gasteiger partial charge in [0, 0.05) is 12.7 Å². The molecule has 1 aromatic heterocycles. The smallest absolute Gasteiger partial charge is 0.165 e. The number of hydrogen-bond donors (Lipinski definition) is 1. The molecule has 0 bridgehead atoms. The first-order chi connectivity index (χ1) is 9.15. The van der Waals surface area contributed by atoms with Gasteiger partial charge in [0.1, 0.15) is 11.9 Å². The fourth-order valence-electron chi connectivity index (χ4n) is 1.82. The third kappa shape index (κ3) is 2.66. The molecular formula is C15H16N4. The summed E-state index contributed by atoms with van der Waals surface area (Å²) >= 11 is 0. The number of nitriles is 1. The zero-order chi connectivity index (χ0) is 13.8. The maximum atomic E-state index is 8.95. The third-order valence-electron chi connectivity index (χ3n) is 3.09. The molecule has 1 aromatic carbocycles. The fourth-order valence-corrected chi connectivity index (χ4v) is 1.82. The Morgan fingerprint density at radius 3 is 2.47 bits per heavy atom. The van der Waals surface area contributed by atoms with Crippen LogP contribution in [0.5, 0.6) is 0 Å². The summed E-state index contributed by atoms with van der Waals surface area (Å²) in [5.74, 6) is 0.704. The van der Waals surface area contributed by atoms with Crippen LogP contribution in [0.15, 0.2) is 36.4 Å². The van der Waals surface area contributed by atoms with Crippen molar-refractivity contribution in [1.29, 1.82) is 5.26 Å². The van der Waals surface area contributed by atoms with E-state index in [1.54, 1.807) is 6.07 Å². The first kappa shape index (κ1) is 12.9. The summed E-state index contributed by atoms with van der Waals surface area (Å²) in [5, 5.41) is 8.95. The number of hydrogen-bond acceptors (Lipinski definition) is 4. The summed E-state index contributed by atoms with van der Waals surface area (Å²) in [6, 6.07) is 13.8. The average molecular weight is 252 g/mol. The maximum Gasteiger partial charge on any atom is 0.165 e. The number of nitrogen functional groups attached to an aromatic ring is 1. The van der Waals surface area contributed by atoms with Gasteiger partial charge in [-0.3, -0.25) is 0 Å². The van der Waals surface area contributed by atoms with Gasteiger partial charge in [-0.1, -0.05) is 19.1 Å². The molecule has 0 atom stereocenters. The molecule has 96 valence electrons. The largest absolute Gasteiger partial charge is 0.396 e. The monoisotopic (exact) mass is 252 g/mol. The van der Waals surface area contributed by atoms with Crippen LogP contribution in [0.25, 0.3) is 0 Å². The van der Waals surface area contributed by atoms with Gasteiger partial charge >= 0.3 is 0 Å². The molecule has 0 radical (unpaired) electrons. The van der Waals surface area contributed by atoms with Crippen molar-refractivity contribution in [2.24, 2.45) is 0 Å². The lowest BCUT2D eigenvalue weighted by atomic mass is 10.1. The normalized spacial score (nSPS) is 9.95. The Morgan fingerprint density at radius 1 is 1.21 bits per heavy atom. The van der Waals surface area contributed by atoms with Crippen molar-refractivity contribution in [3.63, 3.8) is 0 Å². The lowest BCUT2D eigenvalue weighted by Gasteiger charge is -2.19.